The van der Waals surface area contributed by atoms with Crippen molar-refractivity contribution < 1.29 is 18.7 Å². The number of fused-ring (bicyclic) bond motifs is 1. The van der Waals surface area contributed by atoms with Gasteiger partial charge in [-0.15, -0.1) is 0 Å². The molecule has 1 saturated heterocycles. The smallest absolute Gasteiger partial charge is 0.410 e. The summed E-state index contributed by atoms with van der Waals surface area (Å²) in [4.78, 5) is 30.3. The second kappa shape index (κ2) is 10.6. The van der Waals surface area contributed by atoms with Gasteiger partial charge in [-0.3, -0.25) is 4.79 Å². The fourth-order valence-corrected chi connectivity index (χ4v) is 5.19. The van der Waals surface area contributed by atoms with Crippen molar-refractivity contribution in [1.29, 1.82) is 0 Å². The molecule has 4 aromatic rings. The zero-order chi connectivity index (χ0) is 27.7. The Balaban J connectivity index is 1.56. The maximum atomic E-state index is 14.5. The van der Waals surface area contributed by atoms with Gasteiger partial charge in [-0.25, -0.2) is 9.18 Å². The Morgan fingerprint density at radius 3 is 2.23 bits per heavy atom. The lowest BCUT2D eigenvalue weighted by atomic mass is 9.94. The predicted molar refractivity (Wildman–Crippen MR) is 150 cm³/mol. The number of carbonyl (C=O) groups excluding carboxylic acids is 2. The molecule has 5 rings (SSSR count). The van der Waals surface area contributed by atoms with Crippen molar-refractivity contribution in [1.82, 2.24) is 14.2 Å². The predicted octanol–water partition coefficient (Wildman–Crippen LogP) is 6.34. The summed E-state index contributed by atoms with van der Waals surface area (Å²) in [5, 5.41) is 0. The average molecular weight is 528 g/mol. The molecule has 1 fully saturated rings. The number of hydrogen-bond donors (Lipinski definition) is 0. The fraction of sp³-hybridized carbons (Fsp3) is 0.312. The van der Waals surface area contributed by atoms with E-state index in [2.05, 4.69) is 4.40 Å². The molecule has 2 aromatic heterocycles. The first-order valence-electron chi connectivity index (χ1n) is 13.3. The van der Waals surface area contributed by atoms with Crippen LogP contribution in [-0.2, 0) is 11.2 Å². The van der Waals surface area contributed by atoms with Gasteiger partial charge >= 0.3 is 6.09 Å². The zero-order valence-electron chi connectivity index (χ0n) is 22.9. The van der Waals surface area contributed by atoms with Crippen molar-refractivity contribution in [3.05, 3.63) is 101 Å². The summed E-state index contributed by atoms with van der Waals surface area (Å²) in [6, 6.07) is 20.9. The summed E-state index contributed by atoms with van der Waals surface area (Å²) in [6.45, 7) is 8.91. The van der Waals surface area contributed by atoms with Crippen LogP contribution < -0.4 is 0 Å². The molecule has 0 spiro atoms. The molecule has 0 N–H and O–H groups in total. The summed E-state index contributed by atoms with van der Waals surface area (Å²) in [5.41, 5.74) is 5.03. The minimum atomic E-state index is -0.576. The van der Waals surface area contributed by atoms with Gasteiger partial charge < -0.3 is 18.9 Å². The van der Waals surface area contributed by atoms with Gasteiger partial charge in [0.1, 0.15) is 11.4 Å². The molecule has 0 atom stereocenters. The second-order valence-electron chi connectivity index (χ2n) is 11.0. The van der Waals surface area contributed by atoms with E-state index < -0.39 is 5.60 Å². The molecular weight excluding hydrogens is 493 g/mol. The van der Waals surface area contributed by atoms with E-state index in [9.17, 15) is 14.0 Å². The Kier molecular flexibility index (Phi) is 7.17. The van der Waals surface area contributed by atoms with E-state index in [1.807, 2.05) is 81.6 Å². The monoisotopic (exact) mass is 527 g/mol. The number of pyridine rings is 1. The SMILES string of the molecule is Cc1c(F)cccc1Cc1c(C(=O)N2CCN(C(=O)OC(C)(C)C)CC2)c2ccccn2c1-c1ccccc1. The fourth-order valence-electron chi connectivity index (χ4n) is 5.19. The molecule has 0 radical (unpaired) electrons. The molecule has 1 aliphatic rings. The minimum absolute atomic E-state index is 0.0891. The van der Waals surface area contributed by atoms with E-state index in [1.165, 1.54) is 6.07 Å². The van der Waals surface area contributed by atoms with Crippen molar-refractivity contribution in [2.45, 2.75) is 39.7 Å². The Bertz CT molecular complexity index is 1510. The molecule has 39 heavy (non-hydrogen) atoms. The Morgan fingerprint density at radius 1 is 0.872 bits per heavy atom. The highest BCUT2D eigenvalue weighted by atomic mass is 19.1. The third kappa shape index (κ3) is 5.39. The quantitative estimate of drug-likeness (QED) is 0.311. The van der Waals surface area contributed by atoms with E-state index in [4.69, 9.17) is 4.74 Å². The van der Waals surface area contributed by atoms with Crippen LogP contribution in [0, 0.1) is 12.7 Å². The second-order valence-corrected chi connectivity index (χ2v) is 11.0. The Hall–Kier alpha value is -4.13. The van der Waals surface area contributed by atoms with Crippen LogP contribution in [0.5, 0.6) is 0 Å². The van der Waals surface area contributed by atoms with Crippen molar-refractivity contribution in [2.24, 2.45) is 0 Å². The van der Waals surface area contributed by atoms with Gasteiger partial charge in [0.05, 0.1) is 16.8 Å². The minimum Gasteiger partial charge on any atom is -0.444 e. The van der Waals surface area contributed by atoms with E-state index in [0.717, 1.165) is 27.9 Å². The van der Waals surface area contributed by atoms with Gasteiger partial charge in [0.15, 0.2) is 0 Å². The lowest BCUT2D eigenvalue weighted by molar-refractivity contribution is 0.0141. The summed E-state index contributed by atoms with van der Waals surface area (Å²) in [6.07, 6.45) is 2.02. The summed E-state index contributed by atoms with van der Waals surface area (Å²) >= 11 is 0. The molecule has 2 amide bonds. The lowest BCUT2D eigenvalue weighted by Crippen LogP contribution is -2.51. The third-order valence-corrected chi connectivity index (χ3v) is 7.17. The van der Waals surface area contributed by atoms with Crippen LogP contribution in [0.15, 0.2) is 72.9 Å². The summed E-state index contributed by atoms with van der Waals surface area (Å²) < 4.78 is 22.1. The number of amides is 2. The van der Waals surface area contributed by atoms with E-state index in [-0.39, 0.29) is 17.8 Å². The average Bonchev–Trinajstić information content (AvgIpc) is 3.24. The highest BCUT2D eigenvalue weighted by Crippen LogP contribution is 2.35. The molecule has 3 heterocycles. The topological polar surface area (TPSA) is 54.3 Å². The van der Waals surface area contributed by atoms with Gasteiger partial charge in [-0.2, -0.15) is 0 Å². The normalized spacial score (nSPS) is 14.1. The maximum Gasteiger partial charge on any atom is 0.410 e. The number of benzene rings is 2. The first-order chi connectivity index (χ1) is 18.6. The first-order valence-corrected chi connectivity index (χ1v) is 13.3. The molecule has 0 bridgehead atoms. The number of nitrogens with zero attached hydrogens (tertiary/aromatic N) is 3. The van der Waals surface area contributed by atoms with Crippen LogP contribution in [0.2, 0.25) is 0 Å². The Labute approximate surface area is 228 Å². The van der Waals surface area contributed by atoms with Gasteiger partial charge in [0, 0.05) is 38.8 Å². The number of piperazine rings is 1. The highest BCUT2D eigenvalue weighted by molar-refractivity contribution is 6.05. The molecular formula is C32H34FN3O3. The standard InChI is InChI=1S/C32H34FN3O3/c1-22-24(13-10-14-26(22)33)21-25-28(27-15-8-9-16-36(27)29(25)23-11-6-5-7-12-23)30(37)34-17-19-35(20-18-34)31(38)39-32(2,3)4/h5-16H,17-21H2,1-4H3. The number of hydrogen-bond acceptors (Lipinski definition) is 3. The molecule has 2 aromatic carbocycles. The van der Waals surface area contributed by atoms with E-state index >= 15 is 0 Å². The molecule has 202 valence electrons. The number of aromatic nitrogens is 1. The molecule has 7 heteroatoms. The van der Waals surface area contributed by atoms with Crippen molar-refractivity contribution in [3.63, 3.8) is 0 Å². The lowest BCUT2D eigenvalue weighted by Gasteiger charge is -2.35. The summed E-state index contributed by atoms with van der Waals surface area (Å²) in [5.74, 6) is -0.350. The third-order valence-electron chi connectivity index (χ3n) is 7.17. The number of rotatable bonds is 4. The molecule has 1 aliphatic heterocycles. The van der Waals surface area contributed by atoms with Crippen LogP contribution in [-0.4, -0.2) is 58.0 Å². The van der Waals surface area contributed by atoms with Crippen molar-refractivity contribution >= 4 is 17.5 Å². The van der Waals surface area contributed by atoms with Crippen LogP contribution >= 0.6 is 0 Å². The van der Waals surface area contributed by atoms with Crippen LogP contribution in [0.25, 0.3) is 16.8 Å². The molecule has 0 unspecified atom stereocenters. The van der Waals surface area contributed by atoms with Crippen molar-refractivity contribution in [2.75, 3.05) is 26.2 Å². The first kappa shape index (κ1) is 26.5. The van der Waals surface area contributed by atoms with Gasteiger partial charge in [0.25, 0.3) is 5.91 Å². The molecule has 0 saturated carbocycles. The number of carbonyl (C=O) groups is 2. The van der Waals surface area contributed by atoms with Crippen LogP contribution in [0.1, 0.15) is 47.8 Å². The van der Waals surface area contributed by atoms with Crippen molar-refractivity contribution in [3.8, 4) is 11.3 Å². The maximum absolute atomic E-state index is 14.5. The van der Waals surface area contributed by atoms with Gasteiger partial charge in [-0.05, 0) is 68.1 Å². The number of halogens is 1. The Morgan fingerprint density at radius 2 is 1.54 bits per heavy atom. The zero-order valence-corrected chi connectivity index (χ0v) is 22.9. The van der Waals surface area contributed by atoms with Gasteiger partial charge in [0.2, 0.25) is 0 Å². The van der Waals surface area contributed by atoms with Crippen LogP contribution in [0.3, 0.4) is 0 Å². The number of ether oxygens (including phenoxy) is 1. The highest BCUT2D eigenvalue weighted by Gasteiger charge is 2.32. The van der Waals surface area contributed by atoms with E-state index in [1.54, 1.807) is 22.8 Å². The van der Waals surface area contributed by atoms with Gasteiger partial charge in [-0.1, -0.05) is 48.5 Å². The molecule has 6 nitrogen and oxygen atoms in total. The van der Waals surface area contributed by atoms with Crippen LogP contribution in [0.4, 0.5) is 9.18 Å². The largest absolute Gasteiger partial charge is 0.444 e. The molecule has 0 aliphatic carbocycles. The van der Waals surface area contributed by atoms with E-state index in [0.29, 0.717) is 43.7 Å². The summed E-state index contributed by atoms with van der Waals surface area (Å²) in [7, 11) is 0.